The lowest BCUT2D eigenvalue weighted by Gasteiger charge is -1.99. The second kappa shape index (κ2) is 2.21. The first kappa shape index (κ1) is 4.96. The summed E-state index contributed by atoms with van der Waals surface area (Å²) < 4.78 is 0. The fraction of sp³-hybridized carbons (Fsp3) is 0.500. The molecule has 1 heteroatoms. The Morgan fingerprint density at radius 1 is 1.80 bits per heavy atom. The molecular formula is C4H9N. The predicted octanol–water partition coefficient (Wildman–Crippen LogP) is 0.544. The molecule has 0 aliphatic carbocycles. The van der Waals surface area contributed by atoms with Crippen LogP contribution in [0.5, 0.6) is 0 Å². The van der Waals surface area contributed by atoms with Crippen LogP contribution in [0.4, 0.5) is 0 Å². The van der Waals surface area contributed by atoms with Gasteiger partial charge in [0.1, 0.15) is 0 Å². The van der Waals surface area contributed by atoms with Crippen molar-refractivity contribution in [3.63, 3.8) is 0 Å². The van der Waals surface area contributed by atoms with E-state index in [9.17, 15) is 0 Å². The van der Waals surface area contributed by atoms with E-state index in [4.69, 9.17) is 0 Å². The van der Waals surface area contributed by atoms with Crippen molar-refractivity contribution in [3.05, 3.63) is 14.0 Å². The second-order valence-corrected chi connectivity index (χ2v) is 1.08. The Kier molecular flexibility index (Phi) is 2.19. The van der Waals surface area contributed by atoms with Crippen LogP contribution in [-0.4, -0.2) is 18.5 Å². The molecule has 2 radical (unpaired) electrons. The largest absolute Gasteiger partial charge is 0.305 e. The van der Waals surface area contributed by atoms with E-state index in [0.717, 1.165) is 6.54 Å². The maximum Gasteiger partial charge on any atom is 0.0106 e. The number of rotatable bonds is 1. The molecule has 0 atom stereocenters. The molecule has 0 aromatic carbocycles. The van der Waals surface area contributed by atoms with Gasteiger partial charge in [-0.3, -0.25) is 0 Å². The molecule has 0 fully saturated rings. The molecule has 0 spiro atoms. The van der Waals surface area contributed by atoms with Gasteiger partial charge in [-0.05, 0) is 20.5 Å². The number of nitrogens with zero attached hydrogens (tertiary/aromatic N) is 1. The van der Waals surface area contributed by atoms with Crippen molar-refractivity contribution in [2.75, 3.05) is 13.6 Å². The Labute approximate surface area is 33.6 Å². The van der Waals surface area contributed by atoms with Gasteiger partial charge in [-0.15, -0.1) is 0 Å². The zero-order valence-corrected chi connectivity index (χ0v) is 3.57. The van der Waals surface area contributed by atoms with Gasteiger partial charge in [0, 0.05) is 7.05 Å². The highest BCUT2D eigenvalue weighted by Crippen LogP contribution is 1.66. The topological polar surface area (TPSA) is 3.24 Å². The zero-order valence-electron chi connectivity index (χ0n) is 3.57. The number of hydrogen-bond donors (Lipinski definition) is 0. The predicted molar refractivity (Wildman–Crippen MR) is 23.3 cm³/mol. The average Bonchev–Trinajstić information content (AvgIpc) is 1.38. The Hall–Kier alpha value is -0.0400. The molecule has 0 aliphatic rings. The first-order chi connectivity index (χ1) is 2.27. The molecule has 1 nitrogen and oxygen atoms in total. The Balaban J connectivity index is 2.54. The fourth-order valence-electron chi connectivity index (χ4n) is 0. The Morgan fingerprint density at radius 3 is 2.00 bits per heavy atom. The first-order valence-electron chi connectivity index (χ1n) is 1.58. The molecule has 0 saturated heterocycles. The van der Waals surface area contributed by atoms with E-state index < -0.39 is 0 Å². The summed E-state index contributed by atoms with van der Waals surface area (Å²) in [6.07, 6.45) is 0. The average molecular weight is 71.1 g/mol. The summed E-state index contributed by atoms with van der Waals surface area (Å²) in [5.74, 6) is 0. The molecular weight excluding hydrogens is 62.1 g/mol. The van der Waals surface area contributed by atoms with E-state index in [1.807, 2.05) is 7.05 Å². The lowest BCUT2D eigenvalue weighted by Crippen LogP contribution is -2.05. The van der Waals surface area contributed by atoms with Crippen LogP contribution in [0.3, 0.4) is 0 Å². The molecule has 0 heterocycles. The first-order valence-corrected chi connectivity index (χ1v) is 1.58. The van der Waals surface area contributed by atoms with E-state index in [-0.39, 0.29) is 0 Å². The lowest BCUT2D eigenvalue weighted by molar-refractivity contribution is 0.501. The molecule has 0 bridgehead atoms. The van der Waals surface area contributed by atoms with Gasteiger partial charge in [0.2, 0.25) is 0 Å². The molecule has 5 heavy (non-hydrogen) atoms. The van der Waals surface area contributed by atoms with Gasteiger partial charge in [-0.1, -0.05) is 0 Å². The summed E-state index contributed by atoms with van der Waals surface area (Å²) >= 11 is 0. The van der Waals surface area contributed by atoms with Crippen LogP contribution in [0.1, 0.15) is 0 Å². The third kappa shape index (κ3) is 3.96. The highest BCUT2D eigenvalue weighted by Gasteiger charge is 1.72. The smallest absolute Gasteiger partial charge is 0.0106 e. The normalized spacial score (nSPS) is 9.60. The maximum atomic E-state index is 3.55. The van der Waals surface area contributed by atoms with Gasteiger partial charge in [0.25, 0.3) is 0 Å². The van der Waals surface area contributed by atoms with Crippen LogP contribution < -0.4 is 0 Å². The van der Waals surface area contributed by atoms with E-state index in [1.54, 1.807) is 4.90 Å². The van der Waals surface area contributed by atoms with E-state index in [0.29, 0.717) is 0 Å². The monoisotopic (exact) mass is 71.1 g/mol. The molecule has 0 rings (SSSR count). The van der Waals surface area contributed by atoms with Gasteiger partial charge in [0.15, 0.2) is 0 Å². The Morgan fingerprint density at radius 2 is 2.00 bits per heavy atom. The van der Waals surface area contributed by atoms with Crippen molar-refractivity contribution in [2.24, 2.45) is 0 Å². The van der Waals surface area contributed by atoms with Crippen LogP contribution in [-0.2, 0) is 0 Å². The summed E-state index contributed by atoms with van der Waals surface area (Å²) in [6.45, 7) is 4.33. The minimum absolute atomic E-state index is 0.778. The molecule has 0 amide bonds. The minimum Gasteiger partial charge on any atom is -0.305 e. The van der Waals surface area contributed by atoms with Gasteiger partial charge in [-0.25, -0.2) is 0 Å². The van der Waals surface area contributed by atoms with Crippen LogP contribution in [0.15, 0.2) is 0 Å². The second-order valence-electron chi connectivity index (χ2n) is 1.08. The van der Waals surface area contributed by atoms with Crippen molar-refractivity contribution >= 4 is 0 Å². The summed E-state index contributed by atoms with van der Waals surface area (Å²) in [6, 6.07) is 0. The van der Waals surface area contributed by atoms with Crippen LogP contribution in [0.25, 0.3) is 0 Å². The van der Waals surface area contributed by atoms with Gasteiger partial charge < -0.3 is 4.90 Å². The van der Waals surface area contributed by atoms with Gasteiger partial charge in [0.05, 0.1) is 0 Å². The summed E-state index contributed by atoms with van der Waals surface area (Å²) in [7, 11) is 5.41. The lowest BCUT2D eigenvalue weighted by atomic mass is 10.7. The van der Waals surface area contributed by atoms with Gasteiger partial charge in [-0.2, -0.15) is 0 Å². The van der Waals surface area contributed by atoms with E-state index >= 15 is 0 Å². The molecule has 0 aromatic heterocycles. The van der Waals surface area contributed by atoms with Crippen LogP contribution in [0, 0.1) is 14.0 Å². The highest BCUT2D eigenvalue weighted by molar-refractivity contribution is 4.44. The van der Waals surface area contributed by atoms with E-state index in [1.165, 1.54) is 0 Å². The van der Waals surface area contributed by atoms with Crippen LogP contribution >= 0.6 is 0 Å². The molecule has 0 aromatic rings. The zero-order chi connectivity index (χ0) is 4.28. The third-order valence-electron chi connectivity index (χ3n) is 0.382. The SMILES string of the molecule is [CH2]CN([CH2])C. The molecule has 30 valence electrons. The summed E-state index contributed by atoms with van der Waals surface area (Å²) in [5.41, 5.74) is 0. The Bertz CT molecular complexity index is 17.6. The molecule has 0 aliphatic heterocycles. The van der Waals surface area contributed by atoms with Crippen molar-refractivity contribution in [3.8, 4) is 0 Å². The van der Waals surface area contributed by atoms with Crippen molar-refractivity contribution in [2.45, 2.75) is 0 Å². The molecule has 0 N–H and O–H groups in total. The molecule has 0 saturated carbocycles. The summed E-state index contributed by atoms with van der Waals surface area (Å²) in [5, 5.41) is 0. The quantitative estimate of drug-likeness (QED) is 0.436. The molecule has 0 unspecified atom stereocenters. The maximum absolute atomic E-state index is 3.55. The summed E-state index contributed by atoms with van der Waals surface area (Å²) in [4.78, 5) is 1.76. The van der Waals surface area contributed by atoms with Gasteiger partial charge >= 0.3 is 0 Å². The van der Waals surface area contributed by atoms with Crippen molar-refractivity contribution in [1.29, 1.82) is 0 Å². The minimum atomic E-state index is 0.778. The fourth-order valence-corrected chi connectivity index (χ4v) is 0. The standard InChI is InChI=1S/C4H9N/c1-4-5(2)3/h1-2,4H2,3H3. The van der Waals surface area contributed by atoms with Crippen molar-refractivity contribution in [1.82, 2.24) is 4.90 Å². The third-order valence-corrected chi connectivity index (χ3v) is 0.382. The van der Waals surface area contributed by atoms with E-state index in [2.05, 4.69) is 14.0 Å². The van der Waals surface area contributed by atoms with Crippen molar-refractivity contribution < 1.29 is 0 Å². The van der Waals surface area contributed by atoms with Crippen LogP contribution in [0.2, 0.25) is 0 Å². The highest BCUT2D eigenvalue weighted by atomic mass is 15.0. The number of hydrogen-bond acceptors (Lipinski definition) is 1.